The number of amides is 1. The molecular weight excluding hydrogens is 362 g/mol. The molecule has 4 aromatic rings. The third-order valence-corrected chi connectivity index (χ3v) is 5.05. The molecule has 6 nitrogen and oxygen atoms in total. The number of anilines is 1. The van der Waals surface area contributed by atoms with Gasteiger partial charge in [-0.05, 0) is 50.6 Å². The van der Waals surface area contributed by atoms with Gasteiger partial charge < -0.3 is 14.5 Å². The second-order valence-corrected chi connectivity index (χ2v) is 7.31. The fourth-order valence-corrected chi connectivity index (χ4v) is 3.56. The predicted molar refractivity (Wildman–Crippen MR) is 115 cm³/mol. The van der Waals surface area contributed by atoms with Crippen LogP contribution in [0.1, 0.15) is 40.9 Å². The minimum atomic E-state index is -0.115. The summed E-state index contributed by atoms with van der Waals surface area (Å²) >= 11 is 0. The number of benzene rings is 2. The van der Waals surface area contributed by atoms with Gasteiger partial charge in [-0.15, -0.1) is 0 Å². The molecule has 29 heavy (non-hydrogen) atoms. The second kappa shape index (κ2) is 7.91. The lowest BCUT2D eigenvalue weighted by Crippen LogP contribution is -2.11. The number of nitrogens with one attached hydrogen (secondary N) is 1. The topological polar surface area (TPSA) is 64.7 Å². The summed E-state index contributed by atoms with van der Waals surface area (Å²) < 4.78 is 4.34. The molecule has 0 aliphatic rings. The molecule has 0 aliphatic carbocycles. The third-order valence-electron chi connectivity index (χ3n) is 5.05. The Morgan fingerprint density at radius 1 is 1.14 bits per heavy atom. The average molecular weight is 387 g/mol. The monoisotopic (exact) mass is 387 g/mol. The standard InChI is InChI=1S/C23H25N5O/c1-4-11-28-21-9-8-19(25-23(29)18-7-5-6-16(2)13-18)14-20(21)26-22(28)15-27-12-10-24-17(27)3/h5-10,12-14H,4,11,15H2,1-3H3,(H,25,29). The number of hydrogen-bond donors (Lipinski definition) is 1. The van der Waals surface area contributed by atoms with E-state index in [0.717, 1.165) is 46.9 Å². The molecule has 2 heterocycles. The Morgan fingerprint density at radius 2 is 2.00 bits per heavy atom. The van der Waals surface area contributed by atoms with Crippen molar-refractivity contribution in [2.24, 2.45) is 0 Å². The molecule has 2 aromatic heterocycles. The Bertz CT molecular complexity index is 1170. The molecule has 4 rings (SSSR count). The Balaban J connectivity index is 1.65. The summed E-state index contributed by atoms with van der Waals surface area (Å²) in [6.07, 6.45) is 4.80. The van der Waals surface area contributed by atoms with Crippen LogP contribution >= 0.6 is 0 Å². The molecule has 0 bridgehead atoms. The van der Waals surface area contributed by atoms with Gasteiger partial charge in [0.25, 0.3) is 5.91 Å². The van der Waals surface area contributed by atoms with Crippen LogP contribution in [0.3, 0.4) is 0 Å². The van der Waals surface area contributed by atoms with Crippen molar-refractivity contribution in [2.75, 3.05) is 5.32 Å². The molecule has 1 N–H and O–H groups in total. The van der Waals surface area contributed by atoms with Crippen molar-refractivity contribution >= 4 is 22.6 Å². The Morgan fingerprint density at radius 3 is 2.72 bits per heavy atom. The van der Waals surface area contributed by atoms with Crippen LogP contribution in [0.25, 0.3) is 11.0 Å². The van der Waals surface area contributed by atoms with Crippen LogP contribution in [0.4, 0.5) is 5.69 Å². The van der Waals surface area contributed by atoms with Gasteiger partial charge in [0, 0.05) is 30.2 Å². The van der Waals surface area contributed by atoms with Crippen LogP contribution in [0.15, 0.2) is 54.9 Å². The maximum atomic E-state index is 12.6. The fraction of sp³-hybridized carbons (Fsp3) is 0.261. The van der Waals surface area contributed by atoms with E-state index in [9.17, 15) is 4.79 Å². The Kier molecular flexibility index (Phi) is 5.16. The van der Waals surface area contributed by atoms with E-state index in [4.69, 9.17) is 4.98 Å². The highest BCUT2D eigenvalue weighted by Gasteiger charge is 2.13. The van der Waals surface area contributed by atoms with Gasteiger partial charge >= 0.3 is 0 Å². The Labute approximate surface area is 170 Å². The molecule has 148 valence electrons. The van der Waals surface area contributed by atoms with Crippen molar-refractivity contribution in [3.8, 4) is 0 Å². The minimum absolute atomic E-state index is 0.115. The van der Waals surface area contributed by atoms with Crippen molar-refractivity contribution < 1.29 is 4.79 Å². The van der Waals surface area contributed by atoms with Crippen LogP contribution in [0, 0.1) is 13.8 Å². The molecule has 0 radical (unpaired) electrons. The zero-order chi connectivity index (χ0) is 20.4. The molecule has 6 heteroatoms. The van der Waals surface area contributed by atoms with Gasteiger partial charge in [0.05, 0.1) is 17.6 Å². The van der Waals surface area contributed by atoms with E-state index in [1.807, 2.05) is 62.5 Å². The molecular formula is C23H25N5O. The van der Waals surface area contributed by atoms with E-state index in [1.165, 1.54) is 0 Å². The van der Waals surface area contributed by atoms with E-state index in [0.29, 0.717) is 12.1 Å². The number of carbonyl (C=O) groups excluding carboxylic acids is 1. The molecule has 2 aromatic carbocycles. The van der Waals surface area contributed by atoms with Gasteiger partial charge in [0.1, 0.15) is 11.6 Å². The summed E-state index contributed by atoms with van der Waals surface area (Å²) in [5.74, 6) is 1.84. The number of aryl methyl sites for hydroxylation is 3. The zero-order valence-electron chi connectivity index (χ0n) is 17.0. The van der Waals surface area contributed by atoms with Crippen LogP contribution in [0.5, 0.6) is 0 Å². The van der Waals surface area contributed by atoms with Gasteiger partial charge in [-0.3, -0.25) is 4.79 Å². The van der Waals surface area contributed by atoms with E-state index >= 15 is 0 Å². The number of imidazole rings is 2. The lowest BCUT2D eigenvalue weighted by molar-refractivity contribution is 0.102. The lowest BCUT2D eigenvalue weighted by Gasteiger charge is -2.10. The maximum Gasteiger partial charge on any atom is 0.255 e. The summed E-state index contributed by atoms with van der Waals surface area (Å²) in [6, 6.07) is 13.5. The highest BCUT2D eigenvalue weighted by molar-refractivity contribution is 6.05. The predicted octanol–water partition coefficient (Wildman–Crippen LogP) is 4.56. The first-order valence-corrected chi connectivity index (χ1v) is 9.90. The van der Waals surface area contributed by atoms with Crippen molar-refractivity contribution in [2.45, 2.75) is 40.3 Å². The second-order valence-electron chi connectivity index (χ2n) is 7.31. The van der Waals surface area contributed by atoms with Crippen LogP contribution in [-0.2, 0) is 13.1 Å². The maximum absolute atomic E-state index is 12.6. The van der Waals surface area contributed by atoms with E-state index in [1.54, 1.807) is 6.20 Å². The van der Waals surface area contributed by atoms with Crippen molar-refractivity contribution in [1.29, 1.82) is 0 Å². The molecule has 0 saturated heterocycles. The van der Waals surface area contributed by atoms with Gasteiger partial charge in [-0.1, -0.05) is 24.6 Å². The van der Waals surface area contributed by atoms with E-state index in [2.05, 4.69) is 26.4 Å². The SMILES string of the molecule is CCCn1c(Cn2ccnc2C)nc2cc(NC(=O)c3cccc(C)c3)ccc21. The number of hydrogen-bond acceptors (Lipinski definition) is 3. The van der Waals surface area contributed by atoms with Gasteiger partial charge in [-0.2, -0.15) is 0 Å². The molecule has 0 aliphatic heterocycles. The number of carbonyl (C=O) groups is 1. The molecule has 1 amide bonds. The summed E-state index contributed by atoms with van der Waals surface area (Å²) in [4.78, 5) is 21.7. The van der Waals surface area contributed by atoms with Crippen molar-refractivity contribution in [3.63, 3.8) is 0 Å². The summed E-state index contributed by atoms with van der Waals surface area (Å²) in [5.41, 5.74) is 4.42. The first-order chi connectivity index (χ1) is 14.0. The average Bonchev–Trinajstić information content (AvgIpc) is 3.25. The highest BCUT2D eigenvalue weighted by Crippen LogP contribution is 2.22. The van der Waals surface area contributed by atoms with E-state index < -0.39 is 0 Å². The fourth-order valence-electron chi connectivity index (χ4n) is 3.56. The summed E-state index contributed by atoms with van der Waals surface area (Å²) in [6.45, 7) is 7.70. The normalized spacial score (nSPS) is 11.1. The quantitative estimate of drug-likeness (QED) is 0.527. The first-order valence-electron chi connectivity index (χ1n) is 9.90. The minimum Gasteiger partial charge on any atom is -0.328 e. The van der Waals surface area contributed by atoms with Crippen LogP contribution in [0.2, 0.25) is 0 Å². The van der Waals surface area contributed by atoms with Crippen LogP contribution < -0.4 is 5.32 Å². The molecule has 0 unspecified atom stereocenters. The van der Waals surface area contributed by atoms with Crippen molar-refractivity contribution in [1.82, 2.24) is 19.1 Å². The highest BCUT2D eigenvalue weighted by atomic mass is 16.1. The largest absolute Gasteiger partial charge is 0.328 e. The lowest BCUT2D eigenvalue weighted by atomic mass is 10.1. The molecule has 0 fully saturated rings. The van der Waals surface area contributed by atoms with Crippen molar-refractivity contribution in [3.05, 3.63) is 77.6 Å². The number of fused-ring (bicyclic) bond motifs is 1. The third kappa shape index (κ3) is 3.92. The number of rotatable bonds is 6. The van der Waals surface area contributed by atoms with Gasteiger partial charge in [-0.25, -0.2) is 9.97 Å². The summed E-state index contributed by atoms with van der Waals surface area (Å²) in [7, 11) is 0. The van der Waals surface area contributed by atoms with E-state index in [-0.39, 0.29) is 5.91 Å². The molecule has 0 atom stereocenters. The smallest absolute Gasteiger partial charge is 0.255 e. The van der Waals surface area contributed by atoms with Gasteiger partial charge in [0.15, 0.2) is 0 Å². The molecule has 0 saturated carbocycles. The zero-order valence-corrected chi connectivity index (χ0v) is 17.0. The van der Waals surface area contributed by atoms with Crippen LogP contribution in [-0.4, -0.2) is 25.0 Å². The first kappa shape index (κ1) is 18.9. The number of nitrogens with zero attached hydrogens (tertiary/aromatic N) is 4. The number of aromatic nitrogens is 4. The summed E-state index contributed by atoms with van der Waals surface area (Å²) in [5, 5.41) is 2.99. The van der Waals surface area contributed by atoms with Gasteiger partial charge in [0.2, 0.25) is 0 Å². The molecule has 0 spiro atoms. The Hall–Kier alpha value is -3.41.